The molecule has 2 nitrogen and oxygen atoms in total. The smallest absolute Gasteiger partial charge is 0.269 e. The highest BCUT2D eigenvalue weighted by molar-refractivity contribution is 5.80. The van der Waals surface area contributed by atoms with Gasteiger partial charge < -0.3 is 5.53 Å². The predicted molar refractivity (Wildman–Crippen MR) is 47.9 cm³/mol. The van der Waals surface area contributed by atoms with E-state index in [-0.39, 0.29) is 0 Å². The quantitative estimate of drug-likeness (QED) is 0.390. The molecule has 0 aliphatic heterocycles. The van der Waals surface area contributed by atoms with Gasteiger partial charge in [0.1, 0.15) is 0 Å². The van der Waals surface area contributed by atoms with Crippen LogP contribution in [0.4, 0.5) is 0 Å². The zero-order chi connectivity index (χ0) is 8.39. The summed E-state index contributed by atoms with van der Waals surface area (Å²) in [4.78, 5) is 3.36. The van der Waals surface area contributed by atoms with Crippen LogP contribution in [-0.4, -0.2) is 10.5 Å². The molecular weight excluding hydrogens is 148 g/mol. The number of nitrogens with zero attached hydrogens (tertiary/aromatic N) is 2. The van der Waals surface area contributed by atoms with Crippen molar-refractivity contribution in [3.8, 4) is 0 Å². The van der Waals surface area contributed by atoms with Gasteiger partial charge in [-0.25, -0.2) is 0 Å². The maximum atomic E-state index is 8.67. The first-order chi connectivity index (χ1) is 5.90. The lowest BCUT2D eigenvalue weighted by atomic mass is 9.70. The van der Waals surface area contributed by atoms with Crippen LogP contribution in [0.1, 0.15) is 44.9 Å². The third kappa shape index (κ3) is 1.44. The summed E-state index contributed by atoms with van der Waals surface area (Å²) in [6, 6.07) is 0. The van der Waals surface area contributed by atoms with Crippen LogP contribution in [0.5, 0.6) is 0 Å². The summed E-state index contributed by atoms with van der Waals surface area (Å²) in [6.45, 7) is 0. The Bertz CT molecular complexity index is 216. The van der Waals surface area contributed by atoms with Crippen molar-refractivity contribution < 1.29 is 4.79 Å². The van der Waals surface area contributed by atoms with E-state index in [0.717, 1.165) is 30.4 Å². The molecule has 2 heteroatoms. The van der Waals surface area contributed by atoms with Crippen LogP contribution >= 0.6 is 0 Å². The second kappa shape index (κ2) is 3.40. The molecular formula is C10H16N2. The SMILES string of the molecule is [N-]=[N+]=C1CCC2CCCCC2C1. The van der Waals surface area contributed by atoms with Crippen molar-refractivity contribution in [2.45, 2.75) is 44.9 Å². The molecule has 2 atom stereocenters. The van der Waals surface area contributed by atoms with Gasteiger partial charge in [0, 0.05) is 12.8 Å². The van der Waals surface area contributed by atoms with Crippen LogP contribution < -0.4 is 0 Å². The van der Waals surface area contributed by atoms with Gasteiger partial charge in [0.15, 0.2) is 0 Å². The fourth-order valence-corrected chi connectivity index (χ4v) is 2.78. The summed E-state index contributed by atoms with van der Waals surface area (Å²) >= 11 is 0. The Morgan fingerprint density at radius 1 is 1.08 bits per heavy atom. The van der Waals surface area contributed by atoms with E-state index in [1.807, 2.05) is 0 Å². The minimum Gasteiger partial charge on any atom is -0.362 e. The molecule has 2 aliphatic rings. The van der Waals surface area contributed by atoms with Crippen LogP contribution in [-0.2, 0) is 0 Å². The Morgan fingerprint density at radius 2 is 1.83 bits per heavy atom. The molecule has 0 radical (unpaired) electrons. The van der Waals surface area contributed by atoms with Gasteiger partial charge in [0.25, 0.3) is 5.71 Å². The molecule has 0 amide bonds. The molecule has 0 N–H and O–H groups in total. The van der Waals surface area contributed by atoms with Gasteiger partial charge in [-0.15, -0.1) is 0 Å². The summed E-state index contributed by atoms with van der Waals surface area (Å²) in [6.07, 6.45) is 8.97. The summed E-state index contributed by atoms with van der Waals surface area (Å²) in [5.74, 6) is 1.79. The topological polar surface area (TPSA) is 36.4 Å². The molecule has 0 spiro atoms. The summed E-state index contributed by atoms with van der Waals surface area (Å²) in [5.41, 5.74) is 9.71. The normalized spacial score (nSPS) is 35.5. The number of fused-ring (bicyclic) bond motifs is 1. The van der Waals surface area contributed by atoms with Gasteiger partial charge in [-0.2, -0.15) is 4.79 Å². The highest BCUT2D eigenvalue weighted by Crippen LogP contribution is 2.38. The molecule has 2 fully saturated rings. The van der Waals surface area contributed by atoms with Gasteiger partial charge in [0.2, 0.25) is 0 Å². The monoisotopic (exact) mass is 164 g/mol. The first-order valence-corrected chi connectivity index (χ1v) is 5.10. The van der Waals surface area contributed by atoms with E-state index in [9.17, 15) is 0 Å². The summed E-state index contributed by atoms with van der Waals surface area (Å²) in [5, 5.41) is 0. The van der Waals surface area contributed by atoms with E-state index in [0.29, 0.717) is 0 Å². The van der Waals surface area contributed by atoms with E-state index in [1.54, 1.807) is 0 Å². The second-order valence-corrected chi connectivity index (χ2v) is 4.21. The van der Waals surface area contributed by atoms with Gasteiger partial charge in [0.05, 0.1) is 0 Å². The first kappa shape index (κ1) is 8.00. The molecule has 0 aromatic heterocycles. The molecule has 2 saturated carbocycles. The minimum absolute atomic E-state index is 0.846. The van der Waals surface area contributed by atoms with Gasteiger partial charge >= 0.3 is 0 Å². The average molecular weight is 164 g/mol. The van der Waals surface area contributed by atoms with Crippen LogP contribution in [0.15, 0.2) is 0 Å². The highest BCUT2D eigenvalue weighted by Gasteiger charge is 2.33. The third-order valence-electron chi connectivity index (χ3n) is 3.51. The summed E-state index contributed by atoms with van der Waals surface area (Å²) < 4.78 is 0. The van der Waals surface area contributed by atoms with Crippen LogP contribution in [0.25, 0.3) is 5.53 Å². The Balaban J connectivity index is 2.03. The Morgan fingerprint density at radius 3 is 2.58 bits per heavy atom. The Hall–Kier alpha value is -0.620. The van der Waals surface area contributed by atoms with Gasteiger partial charge in [-0.1, -0.05) is 19.3 Å². The van der Waals surface area contributed by atoms with E-state index in [4.69, 9.17) is 5.53 Å². The van der Waals surface area contributed by atoms with Crippen molar-refractivity contribution in [2.75, 3.05) is 0 Å². The average Bonchev–Trinajstić information content (AvgIpc) is 2.17. The maximum absolute atomic E-state index is 8.67. The van der Waals surface area contributed by atoms with Crippen LogP contribution in [0.2, 0.25) is 0 Å². The lowest BCUT2D eigenvalue weighted by molar-refractivity contribution is -0.0188. The van der Waals surface area contributed by atoms with Crippen molar-refractivity contribution in [2.24, 2.45) is 11.8 Å². The van der Waals surface area contributed by atoms with Crippen LogP contribution in [0.3, 0.4) is 0 Å². The van der Waals surface area contributed by atoms with Gasteiger partial charge in [-0.05, 0) is 24.7 Å². The van der Waals surface area contributed by atoms with Gasteiger partial charge in [-0.3, -0.25) is 0 Å². The Kier molecular flexibility index (Phi) is 2.27. The van der Waals surface area contributed by atoms with E-state index < -0.39 is 0 Å². The fraction of sp³-hybridized carbons (Fsp3) is 0.900. The predicted octanol–water partition coefficient (Wildman–Crippen LogP) is 2.65. The summed E-state index contributed by atoms with van der Waals surface area (Å²) in [7, 11) is 0. The lowest BCUT2D eigenvalue weighted by Gasteiger charge is -2.33. The van der Waals surface area contributed by atoms with Crippen molar-refractivity contribution in [3.05, 3.63) is 5.53 Å². The number of hydrogen-bond acceptors (Lipinski definition) is 0. The van der Waals surface area contributed by atoms with E-state index >= 15 is 0 Å². The maximum Gasteiger partial charge on any atom is 0.269 e. The molecule has 2 rings (SSSR count). The first-order valence-electron chi connectivity index (χ1n) is 5.10. The zero-order valence-corrected chi connectivity index (χ0v) is 7.50. The molecule has 0 aromatic carbocycles. The number of rotatable bonds is 0. The third-order valence-corrected chi connectivity index (χ3v) is 3.51. The van der Waals surface area contributed by atoms with Crippen molar-refractivity contribution in [1.82, 2.24) is 0 Å². The molecule has 0 aromatic rings. The minimum atomic E-state index is 0.846. The molecule has 0 bridgehead atoms. The highest BCUT2D eigenvalue weighted by atomic mass is 14.9. The number of hydrogen-bond donors (Lipinski definition) is 0. The fourth-order valence-electron chi connectivity index (χ4n) is 2.78. The van der Waals surface area contributed by atoms with Crippen molar-refractivity contribution in [1.29, 1.82) is 0 Å². The molecule has 2 unspecified atom stereocenters. The van der Waals surface area contributed by atoms with E-state index in [2.05, 4.69) is 4.79 Å². The Labute approximate surface area is 73.6 Å². The zero-order valence-electron chi connectivity index (χ0n) is 7.50. The van der Waals surface area contributed by atoms with Crippen LogP contribution in [0, 0.1) is 11.8 Å². The van der Waals surface area contributed by atoms with E-state index in [1.165, 1.54) is 32.1 Å². The molecule has 12 heavy (non-hydrogen) atoms. The second-order valence-electron chi connectivity index (χ2n) is 4.21. The van der Waals surface area contributed by atoms with Crippen molar-refractivity contribution >= 4 is 5.71 Å². The standard InChI is InChI=1S/C10H16N2/c11-12-10-6-5-8-3-1-2-4-9(8)7-10/h8-9H,1-7H2. The molecule has 0 heterocycles. The van der Waals surface area contributed by atoms with Crippen molar-refractivity contribution in [3.63, 3.8) is 0 Å². The molecule has 0 saturated heterocycles. The molecule has 2 aliphatic carbocycles. The lowest BCUT2D eigenvalue weighted by Crippen LogP contribution is -2.28. The molecule has 66 valence electrons. The largest absolute Gasteiger partial charge is 0.362 e.